The van der Waals surface area contributed by atoms with Gasteiger partial charge in [0.1, 0.15) is 4.21 Å². The molecule has 1 aromatic carbocycles. The number of sulfonamides is 1. The molecule has 1 N–H and O–H groups in total. The van der Waals surface area contributed by atoms with Crippen LogP contribution in [0.15, 0.2) is 44.4 Å². The lowest BCUT2D eigenvalue weighted by Crippen LogP contribution is -2.11. The van der Waals surface area contributed by atoms with Crippen molar-refractivity contribution in [3.05, 3.63) is 45.7 Å². The molecule has 1 aromatic heterocycles. The lowest BCUT2D eigenvalue weighted by Gasteiger charge is -2.08. The molecule has 17 heavy (non-hydrogen) atoms. The van der Waals surface area contributed by atoms with Crippen LogP contribution >= 0.6 is 27.3 Å². The van der Waals surface area contributed by atoms with E-state index < -0.39 is 10.0 Å². The molecule has 0 saturated carbocycles. The van der Waals surface area contributed by atoms with E-state index in [2.05, 4.69) is 20.7 Å². The van der Waals surface area contributed by atoms with Crippen LogP contribution in [0.2, 0.25) is 0 Å². The Balaban J connectivity index is 2.33. The number of thiophene rings is 1. The number of anilines is 1. The third kappa shape index (κ3) is 2.88. The Morgan fingerprint density at radius 3 is 2.65 bits per heavy atom. The smallest absolute Gasteiger partial charge is 0.271 e. The van der Waals surface area contributed by atoms with E-state index in [4.69, 9.17) is 0 Å². The topological polar surface area (TPSA) is 46.2 Å². The molecule has 1 heterocycles. The first kappa shape index (κ1) is 12.6. The molecule has 0 unspecified atom stereocenters. The van der Waals surface area contributed by atoms with Gasteiger partial charge in [0.05, 0.1) is 5.69 Å². The fourth-order valence-corrected chi connectivity index (χ4v) is 4.11. The van der Waals surface area contributed by atoms with Crippen LogP contribution < -0.4 is 4.72 Å². The minimum absolute atomic E-state index is 0.310. The molecule has 0 fully saturated rings. The normalized spacial score (nSPS) is 11.4. The highest BCUT2D eigenvalue weighted by Gasteiger charge is 2.16. The molecule has 0 aliphatic carbocycles. The summed E-state index contributed by atoms with van der Waals surface area (Å²) in [4.78, 5) is 0. The molecule has 6 heteroatoms. The van der Waals surface area contributed by atoms with Gasteiger partial charge >= 0.3 is 0 Å². The second-order valence-corrected chi connectivity index (χ2v) is 7.23. The zero-order chi connectivity index (χ0) is 12.5. The van der Waals surface area contributed by atoms with Crippen LogP contribution in [0.1, 0.15) is 5.56 Å². The van der Waals surface area contributed by atoms with Crippen molar-refractivity contribution in [3.8, 4) is 0 Å². The van der Waals surface area contributed by atoms with E-state index in [1.807, 2.05) is 19.1 Å². The Hall–Kier alpha value is -0.850. The fourth-order valence-electron chi connectivity index (χ4n) is 1.31. The van der Waals surface area contributed by atoms with Crippen LogP contribution in [-0.4, -0.2) is 8.42 Å². The summed E-state index contributed by atoms with van der Waals surface area (Å²) in [6.07, 6.45) is 0. The van der Waals surface area contributed by atoms with Gasteiger partial charge in [0.25, 0.3) is 10.0 Å². The zero-order valence-electron chi connectivity index (χ0n) is 8.98. The molecule has 0 bridgehead atoms. The second kappa shape index (κ2) is 4.80. The monoisotopic (exact) mass is 331 g/mol. The summed E-state index contributed by atoms with van der Waals surface area (Å²) in [6.45, 7) is 1.95. The maximum absolute atomic E-state index is 12.0. The van der Waals surface area contributed by atoms with Gasteiger partial charge < -0.3 is 0 Å². The fraction of sp³-hybridized carbons (Fsp3) is 0.0909. The lowest BCUT2D eigenvalue weighted by molar-refractivity contribution is 0.603. The van der Waals surface area contributed by atoms with E-state index >= 15 is 0 Å². The molecular weight excluding hydrogens is 322 g/mol. The predicted molar refractivity (Wildman–Crippen MR) is 74.0 cm³/mol. The van der Waals surface area contributed by atoms with Crippen molar-refractivity contribution in [3.63, 3.8) is 0 Å². The molecule has 0 amide bonds. The van der Waals surface area contributed by atoms with E-state index in [1.165, 1.54) is 11.3 Å². The average Bonchev–Trinajstić information content (AvgIpc) is 2.76. The standard InChI is InChI=1S/C11H10BrNO2S2/c1-8-4-5-10(9(12)7-8)13-17(14,15)11-3-2-6-16-11/h2-7,13H,1H3. The maximum Gasteiger partial charge on any atom is 0.271 e. The highest BCUT2D eigenvalue weighted by molar-refractivity contribution is 9.10. The van der Waals surface area contributed by atoms with Gasteiger partial charge in [0, 0.05) is 4.47 Å². The van der Waals surface area contributed by atoms with Gasteiger partial charge in [-0.15, -0.1) is 11.3 Å². The Labute approximate surface area is 113 Å². The van der Waals surface area contributed by atoms with Crippen molar-refractivity contribution < 1.29 is 8.42 Å². The van der Waals surface area contributed by atoms with Gasteiger partial charge in [-0.1, -0.05) is 12.1 Å². The Morgan fingerprint density at radius 1 is 1.29 bits per heavy atom. The number of rotatable bonds is 3. The molecule has 2 rings (SSSR count). The van der Waals surface area contributed by atoms with Crippen molar-refractivity contribution in [1.29, 1.82) is 0 Å². The van der Waals surface area contributed by atoms with E-state index in [0.29, 0.717) is 9.90 Å². The molecular formula is C11H10BrNO2S2. The Bertz CT molecular complexity index is 621. The number of nitrogens with one attached hydrogen (secondary N) is 1. The molecule has 0 aliphatic rings. The average molecular weight is 332 g/mol. The van der Waals surface area contributed by atoms with Crippen molar-refractivity contribution in [2.75, 3.05) is 4.72 Å². The van der Waals surface area contributed by atoms with E-state index in [0.717, 1.165) is 10.0 Å². The van der Waals surface area contributed by atoms with Crippen LogP contribution in [0, 0.1) is 6.92 Å². The van der Waals surface area contributed by atoms with Gasteiger partial charge in [-0.25, -0.2) is 8.42 Å². The van der Waals surface area contributed by atoms with Crippen LogP contribution in [0.5, 0.6) is 0 Å². The number of halogens is 1. The summed E-state index contributed by atoms with van der Waals surface area (Å²) < 4.78 is 27.6. The highest BCUT2D eigenvalue weighted by atomic mass is 79.9. The summed E-state index contributed by atoms with van der Waals surface area (Å²) in [5.41, 5.74) is 1.61. The number of aryl methyl sites for hydroxylation is 1. The van der Waals surface area contributed by atoms with Crippen molar-refractivity contribution in [1.82, 2.24) is 0 Å². The molecule has 0 saturated heterocycles. The largest absolute Gasteiger partial charge is 0.278 e. The first-order chi connectivity index (χ1) is 7.99. The van der Waals surface area contributed by atoms with Crippen molar-refractivity contribution >= 4 is 43.0 Å². The number of benzene rings is 1. The van der Waals surface area contributed by atoms with E-state index in [1.54, 1.807) is 23.6 Å². The summed E-state index contributed by atoms with van der Waals surface area (Å²) in [5, 5.41) is 1.73. The van der Waals surface area contributed by atoms with Gasteiger partial charge in [0.2, 0.25) is 0 Å². The molecule has 0 atom stereocenters. The second-order valence-electron chi connectivity index (χ2n) is 3.52. The third-order valence-electron chi connectivity index (χ3n) is 2.13. The first-order valence-corrected chi connectivity index (χ1v) is 7.97. The summed E-state index contributed by atoms with van der Waals surface area (Å²) in [5.74, 6) is 0. The summed E-state index contributed by atoms with van der Waals surface area (Å²) in [7, 11) is -3.47. The Morgan fingerprint density at radius 2 is 2.06 bits per heavy atom. The first-order valence-electron chi connectivity index (χ1n) is 4.81. The van der Waals surface area contributed by atoms with Crippen LogP contribution in [-0.2, 0) is 10.0 Å². The number of hydrogen-bond donors (Lipinski definition) is 1. The van der Waals surface area contributed by atoms with Gasteiger partial charge in [-0.3, -0.25) is 4.72 Å². The number of hydrogen-bond acceptors (Lipinski definition) is 3. The van der Waals surface area contributed by atoms with Gasteiger partial charge in [-0.05, 0) is 52.0 Å². The van der Waals surface area contributed by atoms with Gasteiger partial charge in [0.15, 0.2) is 0 Å². The quantitative estimate of drug-likeness (QED) is 0.933. The summed E-state index contributed by atoms with van der Waals surface area (Å²) >= 11 is 4.53. The zero-order valence-corrected chi connectivity index (χ0v) is 12.2. The van der Waals surface area contributed by atoms with Gasteiger partial charge in [-0.2, -0.15) is 0 Å². The molecule has 0 spiro atoms. The molecule has 0 radical (unpaired) electrons. The van der Waals surface area contributed by atoms with Crippen LogP contribution in [0.3, 0.4) is 0 Å². The molecule has 0 aliphatic heterocycles. The van der Waals surface area contributed by atoms with E-state index in [-0.39, 0.29) is 0 Å². The lowest BCUT2D eigenvalue weighted by atomic mass is 10.2. The minimum Gasteiger partial charge on any atom is -0.278 e. The molecule has 3 nitrogen and oxygen atoms in total. The Kier molecular flexibility index (Phi) is 3.56. The van der Waals surface area contributed by atoms with Crippen LogP contribution in [0.25, 0.3) is 0 Å². The predicted octanol–water partition coefficient (Wildman–Crippen LogP) is 3.62. The van der Waals surface area contributed by atoms with Crippen molar-refractivity contribution in [2.24, 2.45) is 0 Å². The molecule has 90 valence electrons. The SMILES string of the molecule is Cc1ccc(NS(=O)(=O)c2cccs2)c(Br)c1. The molecule has 2 aromatic rings. The van der Waals surface area contributed by atoms with Crippen molar-refractivity contribution in [2.45, 2.75) is 11.1 Å². The summed E-state index contributed by atoms with van der Waals surface area (Å²) in [6, 6.07) is 8.76. The third-order valence-corrected chi connectivity index (χ3v) is 5.55. The van der Waals surface area contributed by atoms with Crippen LogP contribution in [0.4, 0.5) is 5.69 Å². The highest BCUT2D eigenvalue weighted by Crippen LogP contribution is 2.27. The minimum atomic E-state index is -3.47. The maximum atomic E-state index is 12.0. The van der Waals surface area contributed by atoms with E-state index in [9.17, 15) is 8.42 Å².